The Morgan fingerprint density at radius 2 is 1.90 bits per heavy atom. The first-order valence-corrected chi connectivity index (χ1v) is 11.9. The fourth-order valence-corrected chi connectivity index (χ4v) is 5.62. The summed E-state index contributed by atoms with van der Waals surface area (Å²) in [5.41, 5.74) is 0.658. The van der Waals surface area contributed by atoms with Crippen molar-refractivity contribution >= 4 is 27.5 Å². The zero-order valence-corrected chi connectivity index (χ0v) is 17.9. The number of alkyl halides is 3. The van der Waals surface area contributed by atoms with Crippen LogP contribution in [0, 0.1) is 12.8 Å². The number of nitrogens with zero attached hydrogens (tertiary/aromatic N) is 3. The van der Waals surface area contributed by atoms with E-state index in [1.54, 1.807) is 17.7 Å². The van der Waals surface area contributed by atoms with Gasteiger partial charge in [0.15, 0.2) is 9.84 Å². The summed E-state index contributed by atoms with van der Waals surface area (Å²) < 4.78 is 61.8. The zero-order chi connectivity index (χ0) is 22.8. The molecule has 2 saturated heterocycles. The van der Waals surface area contributed by atoms with E-state index in [1.807, 2.05) is 10.2 Å². The SMILES string of the molecule is Cc1cc(NC(=O)CN2CCC(C(=O)NCC(F)(F)F)CC2)n(C2CCS(=O)(=O)C2)n1. The molecule has 3 heterocycles. The number of carbonyl (C=O) groups excluding carboxylic acids is 2. The Bertz CT molecular complexity index is 923. The molecule has 1 unspecified atom stereocenters. The van der Waals surface area contributed by atoms with Gasteiger partial charge < -0.3 is 10.6 Å². The summed E-state index contributed by atoms with van der Waals surface area (Å²) in [5, 5.41) is 9.00. The van der Waals surface area contributed by atoms with Crippen molar-refractivity contribution in [3.05, 3.63) is 11.8 Å². The van der Waals surface area contributed by atoms with Gasteiger partial charge in [-0.25, -0.2) is 13.1 Å². The molecule has 2 aliphatic rings. The lowest BCUT2D eigenvalue weighted by Crippen LogP contribution is -2.44. The first-order chi connectivity index (χ1) is 14.4. The summed E-state index contributed by atoms with van der Waals surface area (Å²) in [6.45, 7) is 1.30. The Hall–Kier alpha value is -2.15. The number of nitrogens with one attached hydrogen (secondary N) is 2. The molecule has 2 amide bonds. The van der Waals surface area contributed by atoms with Gasteiger partial charge in [-0.1, -0.05) is 0 Å². The molecular formula is C18H26F3N5O4S. The van der Waals surface area contributed by atoms with Gasteiger partial charge in [-0.05, 0) is 39.3 Å². The second-order valence-corrected chi connectivity index (χ2v) is 10.3. The summed E-state index contributed by atoms with van der Waals surface area (Å²) in [6.07, 6.45) is -3.26. The molecule has 31 heavy (non-hydrogen) atoms. The Morgan fingerprint density at radius 1 is 1.23 bits per heavy atom. The smallest absolute Gasteiger partial charge is 0.347 e. The predicted octanol–water partition coefficient (Wildman–Crippen LogP) is 0.880. The number of anilines is 1. The number of aromatic nitrogens is 2. The number of piperidine rings is 1. The van der Waals surface area contributed by atoms with E-state index in [1.165, 1.54) is 0 Å². The fraction of sp³-hybridized carbons (Fsp3) is 0.722. The number of aryl methyl sites for hydroxylation is 1. The number of sulfone groups is 1. The van der Waals surface area contributed by atoms with Crippen LogP contribution in [0.5, 0.6) is 0 Å². The van der Waals surface area contributed by atoms with Crippen LogP contribution < -0.4 is 10.6 Å². The molecule has 3 rings (SSSR count). The third kappa shape index (κ3) is 6.66. The van der Waals surface area contributed by atoms with Crippen molar-refractivity contribution in [1.29, 1.82) is 0 Å². The number of hydrogen-bond acceptors (Lipinski definition) is 6. The highest BCUT2D eigenvalue weighted by atomic mass is 32.2. The standard InChI is InChI=1S/C18H26F3N5O4S/c1-12-8-15(26(24-12)14-4-7-31(29,30)10-14)23-16(27)9-25-5-2-13(3-6-25)17(28)22-11-18(19,20)21/h8,13-14H,2-7,9-11H2,1H3,(H,22,28)(H,23,27). The highest BCUT2D eigenvalue weighted by molar-refractivity contribution is 7.91. The van der Waals surface area contributed by atoms with Crippen molar-refractivity contribution in [1.82, 2.24) is 20.0 Å². The predicted molar refractivity (Wildman–Crippen MR) is 106 cm³/mol. The maximum absolute atomic E-state index is 12.5. The first kappa shape index (κ1) is 23.5. The van der Waals surface area contributed by atoms with Gasteiger partial charge in [0.25, 0.3) is 0 Å². The van der Waals surface area contributed by atoms with Crippen LogP contribution in [0.25, 0.3) is 0 Å². The quantitative estimate of drug-likeness (QED) is 0.645. The number of likely N-dealkylation sites (tertiary alicyclic amines) is 1. The summed E-state index contributed by atoms with van der Waals surface area (Å²) >= 11 is 0. The molecule has 1 aromatic heterocycles. The molecule has 2 fully saturated rings. The van der Waals surface area contributed by atoms with Gasteiger partial charge >= 0.3 is 6.18 Å². The van der Waals surface area contributed by atoms with Crippen molar-refractivity contribution in [3.63, 3.8) is 0 Å². The van der Waals surface area contributed by atoms with Gasteiger partial charge in [0.2, 0.25) is 11.8 Å². The lowest BCUT2D eigenvalue weighted by atomic mass is 9.96. The molecule has 0 radical (unpaired) electrons. The maximum Gasteiger partial charge on any atom is 0.405 e. The molecule has 2 aliphatic heterocycles. The van der Waals surface area contributed by atoms with Gasteiger partial charge in [-0.3, -0.25) is 14.5 Å². The third-order valence-corrected chi connectivity index (χ3v) is 7.22. The normalized spacial score (nSPS) is 22.4. The Labute approximate surface area is 178 Å². The molecule has 0 aromatic carbocycles. The Kier molecular flexibility index (Phi) is 6.94. The van der Waals surface area contributed by atoms with Gasteiger partial charge in [0.1, 0.15) is 12.4 Å². The molecule has 1 atom stereocenters. The van der Waals surface area contributed by atoms with Crippen LogP contribution >= 0.6 is 0 Å². The van der Waals surface area contributed by atoms with E-state index in [-0.39, 0.29) is 30.0 Å². The maximum atomic E-state index is 12.5. The average molecular weight is 465 g/mol. The summed E-state index contributed by atoms with van der Waals surface area (Å²) in [7, 11) is -3.10. The van der Waals surface area contributed by atoms with Gasteiger partial charge in [0, 0.05) is 12.0 Å². The van der Waals surface area contributed by atoms with E-state index >= 15 is 0 Å². The van der Waals surface area contributed by atoms with Crippen LogP contribution in [0.4, 0.5) is 19.0 Å². The molecule has 174 valence electrons. The molecule has 2 N–H and O–H groups in total. The van der Waals surface area contributed by atoms with E-state index in [9.17, 15) is 31.2 Å². The topological polar surface area (TPSA) is 113 Å². The number of amides is 2. The average Bonchev–Trinajstić information content (AvgIpc) is 3.21. The summed E-state index contributed by atoms with van der Waals surface area (Å²) in [6, 6.07) is 1.36. The van der Waals surface area contributed by atoms with E-state index in [2.05, 4.69) is 10.4 Å². The highest BCUT2D eigenvalue weighted by Gasteiger charge is 2.33. The number of halogens is 3. The minimum atomic E-state index is -4.44. The molecule has 1 aromatic rings. The van der Waals surface area contributed by atoms with Gasteiger partial charge in [-0.15, -0.1) is 0 Å². The van der Waals surface area contributed by atoms with E-state index in [4.69, 9.17) is 0 Å². The van der Waals surface area contributed by atoms with Crippen molar-refractivity contribution in [2.45, 2.75) is 38.4 Å². The number of carbonyl (C=O) groups is 2. The van der Waals surface area contributed by atoms with Crippen LogP contribution in [0.2, 0.25) is 0 Å². The molecular weight excluding hydrogens is 439 g/mol. The van der Waals surface area contributed by atoms with Crippen molar-refractivity contribution in [2.24, 2.45) is 5.92 Å². The summed E-state index contributed by atoms with van der Waals surface area (Å²) in [5.74, 6) is -0.911. The first-order valence-electron chi connectivity index (χ1n) is 10.0. The van der Waals surface area contributed by atoms with E-state index in [0.29, 0.717) is 43.9 Å². The largest absolute Gasteiger partial charge is 0.405 e. The summed E-state index contributed by atoms with van der Waals surface area (Å²) in [4.78, 5) is 26.2. The monoisotopic (exact) mass is 465 g/mol. The molecule has 0 spiro atoms. The minimum absolute atomic E-state index is 0.0130. The lowest BCUT2D eigenvalue weighted by molar-refractivity contribution is -0.141. The molecule has 0 saturated carbocycles. The van der Waals surface area contributed by atoms with E-state index < -0.39 is 34.4 Å². The molecule has 0 bridgehead atoms. The second-order valence-electron chi connectivity index (χ2n) is 8.10. The minimum Gasteiger partial charge on any atom is -0.347 e. The Balaban J connectivity index is 1.49. The van der Waals surface area contributed by atoms with Crippen LogP contribution in [0.15, 0.2) is 6.07 Å². The fourth-order valence-electron chi connectivity index (χ4n) is 3.93. The van der Waals surface area contributed by atoms with Crippen molar-refractivity contribution < 1.29 is 31.2 Å². The zero-order valence-electron chi connectivity index (χ0n) is 17.1. The van der Waals surface area contributed by atoms with Crippen LogP contribution in [0.1, 0.15) is 31.0 Å². The van der Waals surface area contributed by atoms with Gasteiger partial charge in [-0.2, -0.15) is 18.3 Å². The number of rotatable bonds is 6. The second kappa shape index (κ2) is 9.15. The van der Waals surface area contributed by atoms with Gasteiger partial charge in [0.05, 0.1) is 29.8 Å². The Morgan fingerprint density at radius 3 is 2.48 bits per heavy atom. The van der Waals surface area contributed by atoms with Crippen LogP contribution in [-0.2, 0) is 19.4 Å². The molecule has 0 aliphatic carbocycles. The van der Waals surface area contributed by atoms with Crippen molar-refractivity contribution in [2.75, 3.05) is 43.0 Å². The molecule has 9 nitrogen and oxygen atoms in total. The highest BCUT2D eigenvalue weighted by Crippen LogP contribution is 2.27. The van der Waals surface area contributed by atoms with Crippen LogP contribution in [-0.4, -0.2) is 78.8 Å². The lowest BCUT2D eigenvalue weighted by Gasteiger charge is -2.30. The third-order valence-electron chi connectivity index (χ3n) is 5.47. The number of hydrogen-bond donors (Lipinski definition) is 2. The van der Waals surface area contributed by atoms with Crippen LogP contribution in [0.3, 0.4) is 0 Å². The van der Waals surface area contributed by atoms with E-state index in [0.717, 1.165) is 0 Å². The molecule has 13 heteroatoms. The van der Waals surface area contributed by atoms with Crippen molar-refractivity contribution in [3.8, 4) is 0 Å².